The zero-order valence-electron chi connectivity index (χ0n) is 14.6. The third kappa shape index (κ3) is 4.31. The molecule has 2 fully saturated rings. The number of aliphatic carboxylic acids is 1. The van der Waals surface area contributed by atoms with Gasteiger partial charge >= 0.3 is 29.6 Å². The third-order valence-electron chi connectivity index (χ3n) is 4.53. The Hall–Kier alpha value is -0.380. The van der Waals surface area contributed by atoms with Gasteiger partial charge in [0, 0.05) is 6.92 Å². The van der Waals surface area contributed by atoms with Crippen LogP contribution in [0.5, 0.6) is 0 Å². The molecule has 0 aliphatic carbocycles. The molecule has 0 spiro atoms. The van der Waals surface area contributed by atoms with Crippen molar-refractivity contribution >= 4 is 11.9 Å². The number of nitrogens with zero attached hydrogens (tertiary/aromatic N) is 1. The average molecular weight is 401 g/mol. The molecule has 12 nitrogen and oxygen atoms in total. The van der Waals surface area contributed by atoms with Gasteiger partial charge in [0.2, 0.25) is 6.29 Å². The molecule has 3 aliphatic heterocycles. The Balaban J connectivity index is 0.00000261. The number of ether oxygens (including phenoxy) is 4. The number of hydrogen-bond donors (Lipinski definition) is 5. The largest absolute Gasteiger partial charge is 1.00 e. The van der Waals surface area contributed by atoms with E-state index in [1.807, 2.05) is 0 Å². The molecule has 3 rings (SSSR count). The second-order valence-corrected chi connectivity index (χ2v) is 6.29. The summed E-state index contributed by atoms with van der Waals surface area (Å²) < 4.78 is 21.2. The molecule has 10 atom stereocenters. The van der Waals surface area contributed by atoms with Crippen molar-refractivity contribution in [1.29, 1.82) is 0 Å². The Kier molecular flexibility index (Phi) is 7.61. The second kappa shape index (κ2) is 8.97. The van der Waals surface area contributed by atoms with Crippen LogP contribution in [0.2, 0.25) is 0 Å². The summed E-state index contributed by atoms with van der Waals surface area (Å²) >= 11 is 0. The summed E-state index contributed by atoms with van der Waals surface area (Å²) in [4.78, 5) is 15.2. The summed E-state index contributed by atoms with van der Waals surface area (Å²) in [6, 6.07) is -0.881. The van der Waals surface area contributed by atoms with Crippen molar-refractivity contribution in [2.75, 3.05) is 6.61 Å². The SMILES string of the molecule is CC1=N[C@H]2[C@@H](O1)O[C@H](CO)[C@@H](O)[C@@H]2O[C@@H]1O[C@H](C(=O)[O-])[C@@H](O)[C@H](O)[C@H]1O.[Na+]. The maximum Gasteiger partial charge on any atom is 1.00 e. The van der Waals surface area contributed by atoms with E-state index in [-0.39, 0.29) is 35.5 Å². The van der Waals surface area contributed by atoms with Gasteiger partial charge in [-0.15, -0.1) is 0 Å². The van der Waals surface area contributed by atoms with Crippen LogP contribution in [0.25, 0.3) is 0 Å². The van der Waals surface area contributed by atoms with Gasteiger partial charge in [-0.1, -0.05) is 0 Å². The fourth-order valence-electron chi connectivity index (χ4n) is 3.16. The minimum atomic E-state index is -1.95. The molecule has 0 unspecified atom stereocenters. The minimum Gasteiger partial charge on any atom is -0.547 e. The van der Waals surface area contributed by atoms with Gasteiger partial charge in [0.15, 0.2) is 12.2 Å². The number of fused-ring (bicyclic) bond motifs is 1. The Labute approximate surface area is 175 Å². The second-order valence-electron chi connectivity index (χ2n) is 6.29. The smallest absolute Gasteiger partial charge is 0.547 e. The summed E-state index contributed by atoms with van der Waals surface area (Å²) in [7, 11) is 0. The number of carboxylic acid groups (broad SMARTS) is 1. The van der Waals surface area contributed by atoms with E-state index >= 15 is 0 Å². The predicted molar refractivity (Wildman–Crippen MR) is 76.3 cm³/mol. The van der Waals surface area contributed by atoms with Crippen molar-refractivity contribution in [3.63, 3.8) is 0 Å². The van der Waals surface area contributed by atoms with Gasteiger partial charge in [-0.25, -0.2) is 4.99 Å². The fourth-order valence-corrected chi connectivity index (χ4v) is 3.16. The van der Waals surface area contributed by atoms with E-state index in [0.29, 0.717) is 0 Å². The van der Waals surface area contributed by atoms with Crippen LogP contribution in [0.3, 0.4) is 0 Å². The third-order valence-corrected chi connectivity index (χ3v) is 4.53. The van der Waals surface area contributed by atoms with Crippen molar-refractivity contribution in [2.24, 2.45) is 4.99 Å². The van der Waals surface area contributed by atoms with E-state index in [1.54, 1.807) is 0 Å². The van der Waals surface area contributed by atoms with Gasteiger partial charge in [0.05, 0.1) is 12.6 Å². The molecule has 5 N–H and O–H groups in total. The number of carbonyl (C=O) groups excluding carboxylic acids is 1. The van der Waals surface area contributed by atoms with Crippen LogP contribution < -0.4 is 34.7 Å². The summed E-state index contributed by atoms with van der Waals surface area (Å²) in [5.74, 6) is -1.57. The Morgan fingerprint density at radius 2 is 1.81 bits per heavy atom. The van der Waals surface area contributed by atoms with E-state index in [4.69, 9.17) is 18.9 Å². The van der Waals surface area contributed by atoms with Gasteiger partial charge in [0.25, 0.3) is 0 Å². The molecule has 0 bridgehead atoms. The van der Waals surface area contributed by atoms with E-state index in [9.17, 15) is 35.4 Å². The molecule has 0 aromatic heterocycles. The number of hydrogen-bond acceptors (Lipinski definition) is 12. The van der Waals surface area contributed by atoms with E-state index < -0.39 is 73.9 Å². The van der Waals surface area contributed by atoms with Crippen LogP contribution in [0.1, 0.15) is 6.92 Å². The van der Waals surface area contributed by atoms with E-state index in [0.717, 1.165) is 0 Å². The first-order valence-electron chi connectivity index (χ1n) is 7.96. The molecule has 3 heterocycles. The van der Waals surface area contributed by atoms with Crippen LogP contribution in [-0.2, 0) is 23.7 Å². The maximum atomic E-state index is 11.1. The van der Waals surface area contributed by atoms with E-state index in [2.05, 4.69) is 4.99 Å². The number of aliphatic hydroxyl groups is 5. The molecule has 0 saturated carbocycles. The molecule has 0 amide bonds. The van der Waals surface area contributed by atoms with Gasteiger partial charge in [-0.2, -0.15) is 0 Å². The predicted octanol–water partition coefficient (Wildman–Crippen LogP) is -8.17. The van der Waals surface area contributed by atoms with Crippen molar-refractivity contribution in [2.45, 2.75) is 68.3 Å². The van der Waals surface area contributed by atoms with Crippen LogP contribution >= 0.6 is 0 Å². The molecule has 13 heteroatoms. The first kappa shape index (κ1) is 22.9. The number of carbonyl (C=O) groups is 1. The molecular formula is C14H20NNaO11. The first-order valence-corrected chi connectivity index (χ1v) is 7.96. The van der Waals surface area contributed by atoms with Crippen molar-refractivity contribution in [3.8, 4) is 0 Å². The minimum absolute atomic E-state index is 0. The van der Waals surface area contributed by atoms with Crippen LogP contribution in [0.15, 0.2) is 4.99 Å². The molecule has 27 heavy (non-hydrogen) atoms. The normalized spacial score (nSPS) is 46.7. The van der Waals surface area contributed by atoms with Crippen LogP contribution in [0.4, 0.5) is 0 Å². The Morgan fingerprint density at radius 3 is 2.41 bits per heavy atom. The monoisotopic (exact) mass is 401 g/mol. The number of aliphatic hydroxyl groups excluding tert-OH is 5. The quantitative estimate of drug-likeness (QED) is 0.281. The standard InChI is InChI=1S/C14H21NO11.Na/c1-3-15-5-10(6(17)4(2-16)24-13(5)23-3)25-14-9(20)7(18)8(19)11(26-14)12(21)22;/h4-11,13-14,16-20H,2H2,1H3,(H,21,22);/q;+1/p-1/t4-,5-,6-,7+,8+,9-,10-,11+,13+,14-;/m1./s1. The molecule has 0 aromatic carbocycles. The zero-order chi connectivity index (χ0) is 19.2. The molecule has 2 saturated heterocycles. The van der Waals surface area contributed by atoms with E-state index in [1.165, 1.54) is 6.92 Å². The zero-order valence-corrected chi connectivity index (χ0v) is 16.6. The molecular weight excluding hydrogens is 381 g/mol. The number of rotatable bonds is 4. The summed E-state index contributed by atoms with van der Waals surface area (Å²) in [6.07, 6.45) is -14.0. The number of carboxylic acids is 1. The van der Waals surface area contributed by atoms with Gasteiger partial charge in [-0.3, -0.25) is 0 Å². The summed E-state index contributed by atoms with van der Waals surface area (Å²) in [5, 5.41) is 60.3. The molecule has 0 aromatic rings. The molecule has 0 radical (unpaired) electrons. The van der Waals surface area contributed by atoms with Crippen LogP contribution in [0, 0.1) is 0 Å². The Bertz CT molecular complexity index is 577. The number of aliphatic imine (C=N–C) groups is 1. The maximum absolute atomic E-state index is 11.1. The fraction of sp³-hybridized carbons (Fsp3) is 0.857. The topological polar surface area (TPSA) is 191 Å². The van der Waals surface area contributed by atoms with Crippen LogP contribution in [-0.4, -0.2) is 105 Å². The van der Waals surface area contributed by atoms with Gasteiger partial charge in [-0.05, 0) is 0 Å². The summed E-state index contributed by atoms with van der Waals surface area (Å²) in [6.45, 7) is 0.973. The van der Waals surface area contributed by atoms with Crippen molar-refractivity contribution in [1.82, 2.24) is 0 Å². The van der Waals surface area contributed by atoms with Gasteiger partial charge in [0.1, 0.15) is 48.8 Å². The molecule has 148 valence electrons. The van der Waals surface area contributed by atoms with Crippen molar-refractivity contribution in [3.05, 3.63) is 0 Å². The Morgan fingerprint density at radius 1 is 1.15 bits per heavy atom. The average Bonchev–Trinajstić information content (AvgIpc) is 2.96. The summed E-state index contributed by atoms with van der Waals surface area (Å²) in [5.41, 5.74) is 0. The first-order chi connectivity index (χ1) is 12.2. The van der Waals surface area contributed by atoms with Crippen molar-refractivity contribution < 1.29 is 83.9 Å². The molecule has 3 aliphatic rings. The van der Waals surface area contributed by atoms with Gasteiger partial charge < -0.3 is 54.4 Å².